The largest absolute Gasteiger partial charge is 0.416 e. The van der Waals surface area contributed by atoms with Crippen molar-refractivity contribution in [3.63, 3.8) is 0 Å². The van der Waals surface area contributed by atoms with Gasteiger partial charge in [-0.3, -0.25) is 19.3 Å². The minimum absolute atomic E-state index is 0.0320. The molecule has 196 valence electrons. The van der Waals surface area contributed by atoms with Gasteiger partial charge >= 0.3 is 6.18 Å². The van der Waals surface area contributed by atoms with Crippen LogP contribution in [0.2, 0.25) is 5.02 Å². The van der Waals surface area contributed by atoms with E-state index in [1.54, 1.807) is 6.07 Å². The molecule has 0 aromatic heterocycles. The van der Waals surface area contributed by atoms with Crippen molar-refractivity contribution in [2.45, 2.75) is 25.6 Å². The second-order valence-corrected chi connectivity index (χ2v) is 10.1. The Kier molecular flexibility index (Phi) is 8.15. The lowest BCUT2D eigenvalue weighted by molar-refractivity contribution is -0.138. The molecule has 3 amide bonds. The lowest BCUT2D eigenvalue weighted by Gasteiger charge is -2.18. The van der Waals surface area contributed by atoms with Crippen LogP contribution >= 0.6 is 23.4 Å². The molecular formula is C25H24ClF3N4O3S. The molecule has 0 atom stereocenters. The molecule has 0 bridgehead atoms. The lowest BCUT2D eigenvalue weighted by Crippen LogP contribution is -2.36. The first-order valence-electron chi connectivity index (χ1n) is 11.5. The molecule has 2 aromatic carbocycles. The van der Waals surface area contributed by atoms with E-state index < -0.39 is 23.6 Å². The predicted octanol–water partition coefficient (Wildman–Crippen LogP) is 5.20. The maximum Gasteiger partial charge on any atom is 0.416 e. The molecule has 0 aliphatic carbocycles. The summed E-state index contributed by atoms with van der Waals surface area (Å²) in [6.45, 7) is 2.61. The van der Waals surface area contributed by atoms with E-state index in [1.165, 1.54) is 35.2 Å². The molecule has 3 N–H and O–H groups in total. The molecule has 0 saturated carbocycles. The van der Waals surface area contributed by atoms with E-state index in [1.807, 2.05) is 0 Å². The van der Waals surface area contributed by atoms with Gasteiger partial charge in [0.05, 0.1) is 16.0 Å². The molecular weight excluding hydrogens is 529 g/mol. The second-order valence-electron chi connectivity index (χ2n) is 8.70. The number of carbonyl (C=O) groups excluding carboxylic acids is 3. The smallest absolute Gasteiger partial charge is 0.380 e. The molecule has 2 fully saturated rings. The SMILES string of the molecule is NC(=O)c1cc(/C=C2\SC(=O)N(CCN3CCCC3)C2=O)ccc1NCc1ccc(Cl)cc1C(F)(F)F. The molecule has 4 rings (SSSR count). The monoisotopic (exact) mass is 552 g/mol. The summed E-state index contributed by atoms with van der Waals surface area (Å²) in [6.07, 6.45) is -0.885. The Morgan fingerprint density at radius 1 is 1.11 bits per heavy atom. The standard InChI is InChI=1S/C25H24ClF3N4O3S/c26-17-5-4-16(19(13-17)25(27,28)29)14-31-20-6-3-15(11-18(20)22(30)34)12-21-23(35)33(24(36)37-21)10-9-32-7-1-2-8-32/h3-6,11-13,31H,1-2,7-10,14H2,(H2,30,34)/b21-12-. The molecule has 2 aromatic rings. The van der Waals surface area contributed by atoms with Gasteiger partial charge in [-0.05, 0) is 79.2 Å². The normalized spacial score (nSPS) is 17.7. The Morgan fingerprint density at radius 2 is 1.84 bits per heavy atom. The van der Waals surface area contributed by atoms with Gasteiger partial charge in [0.1, 0.15) is 0 Å². The minimum atomic E-state index is -4.60. The first-order chi connectivity index (χ1) is 17.5. The molecule has 2 saturated heterocycles. The van der Waals surface area contributed by atoms with Crippen LogP contribution in [0.5, 0.6) is 0 Å². The molecule has 0 radical (unpaired) electrons. The van der Waals surface area contributed by atoms with Crippen molar-refractivity contribution in [3.05, 3.63) is 68.6 Å². The molecule has 7 nitrogen and oxygen atoms in total. The van der Waals surface area contributed by atoms with Gasteiger partial charge in [0, 0.05) is 30.3 Å². The third kappa shape index (κ3) is 6.46. The van der Waals surface area contributed by atoms with Gasteiger partial charge in [0.2, 0.25) is 0 Å². The van der Waals surface area contributed by atoms with Gasteiger partial charge in [0.15, 0.2) is 0 Å². The molecule has 0 unspecified atom stereocenters. The average molecular weight is 553 g/mol. The van der Waals surface area contributed by atoms with E-state index in [0.29, 0.717) is 18.7 Å². The summed E-state index contributed by atoms with van der Waals surface area (Å²) in [4.78, 5) is 40.9. The molecule has 12 heteroatoms. The molecule has 2 heterocycles. The van der Waals surface area contributed by atoms with Crippen LogP contribution in [0.25, 0.3) is 6.08 Å². The molecule has 2 aliphatic heterocycles. The summed E-state index contributed by atoms with van der Waals surface area (Å²) < 4.78 is 40.2. The van der Waals surface area contributed by atoms with Crippen molar-refractivity contribution in [3.8, 4) is 0 Å². The number of nitrogens with zero attached hydrogens (tertiary/aromatic N) is 2. The fourth-order valence-electron chi connectivity index (χ4n) is 4.26. The van der Waals surface area contributed by atoms with Crippen molar-refractivity contribution in [2.75, 3.05) is 31.5 Å². The number of nitrogens with two attached hydrogens (primary N) is 1. The molecule has 0 spiro atoms. The van der Waals surface area contributed by atoms with E-state index >= 15 is 0 Å². The van der Waals surface area contributed by atoms with Gasteiger partial charge in [0.25, 0.3) is 17.1 Å². The van der Waals surface area contributed by atoms with Gasteiger partial charge in [-0.25, -0.2) is 0 Å². The van der Waals surface area contributed by atoms with Crippen molar-refractivity contribution in [1.29, 1.82) is 0 Å². The Balaban J connectivity index is 1.50. The van der Waals surface area contributed by atoms with Crippen molar-refractivity contribution >= 4 is 52.2 Å². The highest BCUT2D eigenvalue weighted by atomic mass is 35.5. The third-order valence-electron chi connectivity index (χ3n) is 6.17. The predicted molar refractivity (Wildman–Crippen MR) is 137 cm³/mol. The van der Waals surface area contributed by atoms with E-state index in [4.69, 9.17) is 17.3 Å². The first-order valence-corrected chi connectivity index (χ1v) is 12.7. The number of hydrogen-bond donors (Lipinski definition) is 2. The minimum Gasteiger partial charge on any atom is -0.380 e. The van der Waals surface area contributed by atoms with Gasteiger partial charge in [-0.15, -0.1) is 0 Å². The topological polar surface area (TPSA) is 95.7 Å². The summed E-state index contributed by atoms with van der Waals surface area (Å²) in [7, 11) is 0. The highest BCUT2D eigenvalue weighted by molar-refractivity contribution is 8.18. The van der Waals surface area contributed by atoms with Crippen LogP contribution in [0, 0.1) is 0 Å². The van der Waals surface area contributed by atoms with E-state index in [-0.39, 0.29) is 38.5 Å². The number of anilines is 1. The number of halogens is 4. The molecule has 37 heavy (non-hydrogen) atoms. The Bertz CT molecular complexity index is 1260. The summed E-state index contributed by atoms with van der Waals surface area (Å²) >= 11 is 6.55. The lowest BCUT2D eigenvalue weighted by atomic mass is 10.0. The van der Waals surface area contributed by atoms with E-state index in [9.17, 15) is 27.6 Å². The maximum absolute atomic E-state index is 13.4. The fourth-order valence-corrected chi connectivity index (χ4v) is 5.30. The Labute approximate surface area is 220 Å². The van der Waals surface area contributed by atoms with E-state index in [0.717, 1.165) is 43.8 Å². The van der Waals surface area contributed by atoms with E-state index in [2.05, 4.69) is 10.2 Å². The number of alkyl halides is 3. The molecule has 2 aliphatic rings. The van der Waals surface area contributed by atoms with Gasteiger partial charge in [-0.1, -0.05) is 23.7 Å². The number of rotatable bonds is 8. The number of nitrogens with one attached hydrogen (secondary N) is 1. The number of hydrogen-bond acceptors (Lipinski definition) is 6. The summed E-state index contributed by atoms with van der Waals surface area (Å²) in [5, 5.41) is 2.43. The van der Waals surface area contributed by atoms with Crippen LogP contribution < -0.4 is 11.1 Å². The first kappa shape index (κ1) is 27.0. The number of likely N-dealkylation sites (tertiary alicyclic amines) is 1. The van der Waals surface area contributed by atoms with Crippen LogP contribution in [0.1, 0.15) is 39.9 Å². The highest BCUT2D eigenvalue weighted by Crippen LogP contribution is 2.35. The summed E-state index contributed by atoms with van der Waals surface area (Å²) in [6, 6.07) is 7.96. The fraction of sp³-hybridized carbons (Fsp3) is 0.320. The zero-order chi connectivity index (χ0) is 26.7. The number of amides is 3. The number of carbonyl (C=O) groups is 3. The third-order valence-corrected chi connectivity index (χ3v) is 7.31. The zero-order valence-electron chi connectivity index (χ0n) is 19.6. The maximum atomic E-state index is 13.4. The number of primary amides is 1. The van der Waals surface area contributed by atoms with Crippen LogP contribution in [0.4, 0.5) is 23.7 Å². The number of imide groups is 1. The Morgan fingerprint density at radius 3 is 2.51 bits per heavy atom. The summed E-state index contributed by atoms with van der Waals surface area (Å²) in [5.41, 5.74) is 5.28. The van der Waals surface area contributed by atoms with Gasteiger partial charge in [-0.2, -0.15) is 13.2 Å². The Hall–Kier alpha value is -3.02. The van der Waals surface area contributed by atoms with Crippen LogP contribution in [-0.4, -0.2) is 53.0 Å². The van der Waals surface area contributed by atoms with Crippen molar-refractivity contribution < 1.29 is 27.6 Å². The highest BCUT2D eigenvalue weighted by Gasteiger charge is 2.35. The average Bonchev–Trinajstić information content (AvgIpc) is 3.44. The van der Waals surface area contributed by atoms with Crippen molar-refractivity contribution in [1.82, 2.24) is 9.80 Å². The van der Waals surface area contributed by atoms with Crippen LogP contribution in [-0.2, 0) is 17.5 Å². The van der Waals surface area contributed by atoms with Crippen LogP contribution in [0.15, 0.2) is 41.3 Å². The number of thioether (sulfide) groups is 1. The van der Waals surface area contributed by atoms with Gasteiger partial charge < -0.3 is 16.0 Å². The summed E-state index contributed by atoms with van der Waals surface area (Å²) in [5.74, 6) is -1.21. The number of benzene rings is 2. The van der Waals surface area contributed by atoms with Crippen LogP contribution in [0.3, 0.4) is 0 Å². The zero-order valence-corrected chi connectivity index (χ0v) is 21.2. The second kappa shape index (κ2) is 11.2. The quantitative estimate of drug-likeness (QED) is 0.437. The van der Waals surface area contributed by atoms with Crippen molar-refractivity contribution in [2.24, 2.45) is 5.73 Å².